The number of piperazine rings is 1. The van der Waals surface area contributed by atoms with E-state index >= 15 is 0 Å². The second kappa shape index (κ2) is 10.3. The molecule has 3 fully saturated rings. The van der Waals surface area contributed by atoms with Gasteiger partial charge in [-0.2, -0.15) is 0 Å². The van der Waals surface area contributed by atoms with Crippen molar-refractivity contribution in [3.8, 4) is 22.8 Å². The van der Waals surface area contributed by atoms with Crippen LogP contribution in [0.5, 0.6) is 0 Å². The van der Waals surface area contributed by atoms with Gasteiger partial charge < -0.3 is 14.4 Å². The van der Waals surface area contributed by atoms with E-state index in [4.69, 9.17) is 26.1 Å². The Balaban J connectivity index is 1.45. The Morgan fingerprint density at radius 2 is 1.85 bits per heavy atom. The summed E-state index contributed by atoms with van der Waals surface area (Å²) >= 11 is 6.39. The zero-order valence-electron chi connectivity index (χ0n) is 23.2. The maximum absolute atomic E-state index is 13.2. The summed E-state index contributed by atoms with van der Waals surface area (Å²) in [5.41, 5.74) is 3.36. The molecular weight excluding hydrogens is 544 g/mol. The fraction of sp³-hybridized carbons (Fsp3) is 0.517. The molecule has 0 aromatic carbocycles. The number of halogens is 1. The van der Waals surface area contributed by atoms with Gasteiger partial charge in [0.05, 0.1) is 33.8 Å². The molecule has 1 aliphatic heterocycles. The summed E-state index contributed by atoms with van der Waals surface area (Å²) in [5.74, 6) is 1.69. The second-order valence-electron chi connectivity index (χ2n) is 11.9. The van der Waals surface area contributed by atoms with Gasteiger partial charge in [0.15, 0.2) is 0 Å². The van der Waals surface area contributed by atoms with Crippen molar-refractivity contribution in [2.75, 3.05) is 18.5 Å². The van der Waals surface area contributed by atoms with Gasteiger partial charge in [-0.1, -0.05) is 36.5 Å². The van der Waals surface area contributed by atoms with Gasteiger partial charge in [-0.3, -0.25) is 19.3 Å². The van der Waals surface area contributed by atoms with Gasteiger partial charge in [-0.05, 0) is 56.1 Å². The summed E-state index contributed by atoms with van der Waals surface area (Å²) < 4.78 is 7.07. The molecule has 1 saturated heterocycles. The number of imidazole rings is 1. The smallest absolute Gasteiger partial charge is 0.339 e. The molecule has 0 radical (unpaired) electrons. The third-order valence-corrected chi connectivity index (χ3v) is 9.45. The molecule has 2 atom stereocenters. The molecule has 1 N–H and O–H groups in total. The molecule has 2 saturated carbocycles. The van der Waals surface area contributed by atoms with E-state index in [2.05, 4.69) is 31.5 Å². The highest BCUT2D eigenvalue weighted by Gasteiger charge is 2.43. The summed E-state index contributed by atoms with van der Waals surface area (Å²) in [4.78, 5) is 46.3. The first-order valence-corrected chi connectivity index (χ1v) is 14.8. The number of hydrogen-bond acceptors (Lipinski definition) is 8. The van der Waals surface area contributed by atoms with E-state index in [0.29, 0.717) is 27.8 Å². The van der Waals surface area contributed by atoms with Crippen LogP contribution in [0, 0.1) is 11.8 Å². The first kappa shape index (κ1) is 26.2. The van der Waals surface area contributed by atoms with Crippen LogP contribution < -0.4 is 10.7 Å². The topological polar surface area (TPSA) is 126 Å². The molecule has 0 unspecified atom stereocenters. The van der Waals surface area contributed by atoms with E-state index in [0.717, 1.165) is 61.6 Å². The predicted octanol–water partition coefficient (Wildman–Crippen LogP) is 4.52. The Hall–Kier alpha value is -3.73. The second-order valence-corrected chi connectivity index (χ2v) is 12.3. The molecule has 1 amide bonds. The molecule has 0 bridgehead atoms. The molecule has 214 valence electrons. The number of fused-ring (bicyclic) bond motifs is 2. The highest BCUT2D eigenvalue weighted by atomic mass is 35.5. The SMILES string of the molecule is CN1C(=O)CN(c2nc3cc(-c4noc(=O)[nH]4)nc(-c4cncc(Cl)c4)c3n2C[C@H]2CC[C@H](C)CC2)[C@H]2CCC[C@@H]21. The maximum atomic E-state index is 13.2. The number of aromatic nitrogens is 6. The lowest BCUT2D eigenvalue weighted by Crippen LogP contribution is -2.59. The van der Waals surface area contributed by atoms with E-state index in [1.807, 2.05) is 24.1 Å². The minimum absolute atomic E-state index is 0.108. The number of H-pyrrole nitrogens is 1. The number of pyridine rings is 2. The van der Waals surface area contributed by atoms with Crippen molar-refractivity contribution in [2.24, 2.45) is 11.8 Å². The normalized spacial score (nSPS) is 24.8. The Morgan fingerprint density at radius 1 is 1.05 bits per heavy atom. The van der Waals surface area contributed by atoms with Gasteiger partial charge in [0.25, 0.3) is 0 Å². The number of nitrogens with zero attached hydrogens (tertiary/aromatic N) is 7. The number of carbonyl (C=O) groups is 1. The van der Waals surface area contributed by atoms with Crippen molar-refractivity contribution in [3.05, 3.63) is 40.1 Å². The van der Waals surface area contributed by atoms with Crippen LogP contribution in [0.25, 0.3) is 33.8 Å². The molecule has 7 rings (SSSR count). The zero-order valence-corrected chi connectivity index (χ0v) is 24.0. The molecule has 3 aliphatic rings. The van der Waals surface area contributed by atoms with Crippen LogP contribution in [0.4, 0.5) is 5.95 Å². The van der Waals surface area contributed by atoms with Gasteiger partial charge in [0, 0.05) is 31.5 Å². The number of carbonyl (C=O) groups excluding carboxylic acids is 1. The van der Waals surface area contributed by atoms with Crippen LogP contribution >= 0.6 is 11.6 Å². The van der Waals surface area contributed by atoms with Gasteiger partial charge in [-0.15, -0.1) is 0 Å². The van der Waals surface area contributed by atoms with Crippen molar-refractivity contribution in [2.45, 2.75) is 70.5 Å². The van der Waals surface area contributed by atoms with Gasteiger partial charge >= 0.3 is 5.76 Å². The van der Waals surface area contributed by atoms with Crippen LogP contribution in [0.3, 0.4) is 0 Å². The zero-order chi connectivity index (χ0) is 28.2. The number of hydrogen-bond donors (Lipinski definition) is 1. The van der Waals surface area contributed by atoms with Gasteiger partial charge in [0.1, 0.15) is 12.2 Å². The van der Waals surface area contributed by atoms with E-state index in [1.54, 1.807) is 12.4 Å². The largest absolute Gasteiger partial charge is 0.439 e. The van der Waals surface area contributed by atoms with E-state index in [-0.39, 0.29) is 30.4 Å². The summed E-state index contributed by atoms with van der Waals surface area (Å²) in [7, 11) is 1.92. The summed E-state index contributed by atoms with van der Waals surface area (Å²) in [6.45, 7) is 3.39. The van der Waals surface area contributed by atoms with Crippen molar-refractivity contribution in [1.29, 1.82) is 0 Å². The number of rotatable bonds is 5. The fourth-order valence-electron chi connectivity index (χ4n) is 7.03. The van der Waals surface area contributed by atoms with Crippen molar-refractivity contribution in [3.63, 3.8) is 0 Å². The average molecular weight is 577 g/mol. The molecule has 0 spiro atoms. The first-order chi connectivity index (χ1) is 19.9. The molecule has 2 aliphatic carbocycles. The van der Waals surface area contributed by atoms with Crippen LogP contribution in [0.1, 0.15) is 51.9 Å². The first-order valence-electron chi connectivity index (χ1n) is 14.5. The quantitative estimate of drug-likeness (QED) is 0.367. The summed E-state index contributed by atoms with van der Waals surface area (Å²) in [6.07, 6.45) is 11.1. The third kappa shape index (κ3) is 4.69. The van der Waals surface area contributed by atoms with Crippen LogP contribution in [0.15, 0.2) is 33.8 Å². The molecule has 41 heavy (non-hydrogen) atoms. The number of likely N-dealkylation sites (N-methyl/N-ethyl adjacent to an activating group) is 1. The van der Waals surface area contributed by atoms with E-state index in [9.17, 15) is 9.59 Å². The third-order valence-electron chi connectivity index (χ3n) is 9.24. The monoisotopic (exact) mass is 576 g/mol. The standard InChI is InChI=1S/C29H33ClN8O3/c1-16-6-8-17(9-7-16)14-38-26-20(33-28(38)37-15-24(39)36(2)22-4-3-5-23(22)37)11-21(27-34-29(40)41-35-27)32-25(26)18-10-19(30)13-31-12-18/h10-13,16-17,22-23H,3-9,14-15H2,1-2H3,(H,34,35,40)/t16-,17-,22-,23-/m0/s1. The minimum Gasteiger partial charge on any atom is -0.339 e. The molecule has 4 aromatic heterocycles. The molecule has 12 heteroatoms. The maximum Gasteiger partial charge on any atom is 0.439 e. The lowest BCUT2D eigenvalue weighted by molar-refractivity contribution is -0.132. The average Bonchev–Trinajstić information content (AvgIpc) is 3.71. The summed E-state index contributed by atoms with van der Waals surface area (Å²) in [5, 5.41) is 4.37. The summed E-state index contributed by atoms with van der Waals surface area (Å²) in [6, 6.07) is 4.04. The molecule has 5 heterocycles. The van der Waals surface area contributed by atoms with Crippen LogP contribution in [0.2, 0.25) is 5.02 Å². The Bertz CT molecular complexity index is 1670. The van der Waals surface area contributed by atoms with Crippen molar-refractivity contribution in [1.82, 2.24) is 34.6 Å². The van der Waals surface area contributed by atoms with Crippen molar-refractivity contribution >= 4 is 34.5 Å². The predicted molar refractivity (Wildman–Crippen MR) is 155 cm³/mol. The van der Waals surface area contributed by atoms with Crippen molar-refractivity contribution < 1.29 is 9.32 Å². The minimum atomic E-state index is -0.658. The highest BCUT2D eigenvalue weighted by molar-refractivity contribution is 6.30. The Labute approximate surface area is 241 Å². The number of nitrogens with one attached hydrogen (secondary N) is 1. The Kier molecular flexibility index (Phi) is 6.56. The number of amides is 1. The Morgan fingerprint density at radius 3 is 2.61 bits per heavy atom. The fourth-order valence-corrected chi connectivity index (χ4v) is 7.20. The van der Waals surface area contributed by atoms with E-state index < -0.39 is 5.76 Å². The lowest BCUT2D eigenvalue weighted by Gasteiger charge is -2.43. The highest BCUT2D eigenvalue weighted by Crippen LogP contribution is 2.40. The van der Waals surface area contributed by atoms with Crippen LogP contribution in [-0.2, 0) is 11.3 Å². The number of anilines is 1. The van der Waals surface area contributed by atoms with E-state index in [1.165, 1.54) is 12.8 Å². The van der Waals surface area contributed by atoms with Gasteiger partial charge in [-0.25, -0.2) is 14.8 Å². The molecular formula is C29H33ClN8O3. The number of aromatic amines is 1. The van der Waals surface area contributed by atoms with Gasteiger partial charge in [0.2, 0.25) is 17.7 Å². The van der Waals surface area contributed by atoms with Crippen LogP contribution in [-0.4, -0.2) is 66.1 Å². The lowest BCUT2D eigenvalue weighted by atomic mass is 9.83. The molecule has 4 aromatic rings. The molecule has 11 nitrogen and oxygen atoms in total.